The van der Waals surface area contributed by atoms with Gasteiger partial charge in [-0.15, -0.1) is 0 Å². The van der Waals surface area contributed by atoms with Crippen LogP contribution in [0.3, 0.4) is 0 Å². The molecule has 1 aliphatic rings. The van der Waals surface area contributed by atoms with Gasteiger partial charge in [0.25, 0.3) is 0 Å². The fourth-order valence-electron chi connectivity index (χ4n) is 3.32. The fourth-order valence-corrected chi connectivity index (χ4v) is 3.32. The van der Waals surface area contributed by atoms with Crippen molar-refractivity contribution < 1.29 is 4.42 Å². The molecule has 0 saturated carbocycles. The summed E-state index contributed by atoms with van der Waals surface area (Å²) in [7, 11) is 0. The largest absolute Gasteiger partial charge is 0.459 e. The molecule has 21 heavy (non-hydrogen) atoms. The summed E-state index contributed by atoms with van der Waals surface area (Å²) in [6.07, 6.45) is 6.68. The highest BCUT2D eigenvalue weighted by atomic mass is 16.3. The first-order valence-electron chi connectivity index (χ1n) is 7.59. The van der Waals surface area contributed by atoms with Gasteiger partial charge >= 0.3 is 0 Å². The highest BCUT2D eigenvalue weighted by Crippen LogP contribution is 2.27. The third kappa shape index (κ3) is 2.07. The smallest absolute Gasteiger partial charge is 0.134 e. The molecule has 0 unspecified atom stereocenters. The number of aromatic nitrogens is 2. The van der Waals surface area contributed by atoms with Crippen LogP contribution in [-0.4, -0.2) is 9.55 Å². The predicted molar refractivity (Wildman–Crippen MR) is 82.1 cm³/mol. The van der Waals surface area contributed by atoms with Gasteiger partial charge in [0.05, 0.1) is 18.6 Å². The van der Waals surface area contributed by atoms with Crippen molar-refractivity contribution in [3.05, 3.63) is 53.3 Å². The molecule has 108 valence electrons. The topological polar surface area (TPSA) is 57.0 Å². The molecular weight excluding hydrogens is 262 g/mol. The van der Waals surface area contributed by atoms with Crippen molar-refractivity contribution in [3.63, 3.8) is 0 Å². The lowest BCUT2D eigenvalue weighted by molar-refractivity contribution is 0.511. The Morgan fingerprint density at radius 3 is 2.95 bits per heavy atom. The van der Waals surface area contributed by atoms with E-state index in [-0.39, 0.29) is 0 Å². The summed E-state index contributed by atoms with van der Waals surface area (Å²) < 4.78 is 8.25. The molecule has 1 aromatic carbocycles. The van der Waals surface area contributed by atoms with Crippen molar-refractivity contribution in [1.82, 2.24) is 9.55 Å². The summed E-state index contributed by atoms with van der Waals surface area (Å²) in [5, 5.41) is 1.13. The van der Waals surface area contributed by atoms with Crippen LogP contribution >= 0.6 is 0 Å². The number of fused-ring (bicyclic) bond motifs is 2. The summed E-state index contributed by atoms with van der Waals surface area (Å²) in [4.78, 5) is 4.55. The van der Waals surface area contributed by atoms with E-state index in [9.17, 15) is 0 Å². The molecular formula is C17H19N3O. The molecule has 0 radical (unpaired) electrons. The molecule has 1 aliphatic carbocycles. The van der Waals surface area contributed by atoms with Gasteiger partial charge in [0.2, 0.25) is 0 Å². The molecule has 4 nitrogen and oxygen atoms in total. The van der Waals surface area contributed by atoms with E-state index in [1.807, 2.05) is 24.5 Å². The second-order valence-electron chi connectivity index (χ2n) is 5.68. The van der Waals surface area contributed by atoms with Gasteiger partial charge in [-0.05, 0) is 31.7 Å². The number of rotatable bonds is 3. The minimum atomic E-state index is 0.503. The van der Waals surface area contributed by atoms with Crippen LogP contribution < -0.4 is 5.73 Å². The molecule has 0 atom stereocenters. The van der Waals surface area contributed by atoms with Crippen molar-refractivity contribution in [3.8, 4) is 0 Å². The van der Waals surface area contributed by atoms with Crippen LogP contribution in [0.5, 0.6) is 0 Å². The number of benzene rings is 1. The molecule has 4 heteroatoms. The van der Waals surface area contributed by atoms with Crippen LogP contribution in [0.1, 0.15) is 35.6 Å². The SMILES string of the molecule is NCc1c(Cn2cnc3c2CCCC3)oc2ccccc12. The van der Waals surface area contributed by atoms with Crippen molar-refractivity contribution in [2.45, 2.75) is 38.8 Å². The van der Waals surface area contributed by atoms with E-state index in [4.69, 9.17) is 10.2 Å². The summed E-state index contributed by atoms with van der Waals surface area (Å²) >= 11 is 0. The van der Waals surface area contributed by atoms with E-state index in [1.165, 1.54) is 24.2 Å². The lowest BCUT2D eigenvalue weighted by Crippen LogP contribution is -2.10. The maximum absolute atomic E-state index is 6.03. The first-order valence-corrected chi connectivity index (χ1v) is 7.59. The summed E-state index contributed by atoms with van der Waals surface area (Å²) in [6, 6.07) is 8.10. The van der Waals surface area contributed by atoms with Crippen LogP contribution in [0, 0.1) is 0 Å². The van der Waals surface area contributed by atoms with E-state index in [1.54, 1.807) is 0 Å². The number of hydrogen-bond acceptors (Lipinski definition) is 3. The lowest BCUT2D eigenvalue weighted by Gasteiger charge is -2.13. The van der Waals surface area contributed by atoms with Crippen LogP contribution in [0.4, 0.5) is 0 Å². The van der Waals surface area contributed by atoms with Gasteiger partial charge in [-0.1, -0.05) is 18.2 Å². The minimum Gasteiger partial charge on any atom is -0.459 e. The summed E-state index contributed by atoms with van der Waals surface area (Å²) in [6.45, 7) is 1.23. The van der Waals surface area contributed by atoms with E-state index < -0.39 is 0 Å². The molecule has 4 rings (SSSR count). The van der Waals surface area contributed by atoms with Gasteiger partial charge in [-0.25, -0.2) is 4.98 Å². The van der Waals surface area contributed by atoms with E-state index >= 15 is 0 Å². The third-order valence-corrected chi connectivity index (χ3v) is 4.41. The standard InChI is InChI=1S/C17H19N3O/c18-9-13-12-5-1-4-8-16(12)21-17(13)10-20-11-19-14-6-2-3-7-15(14)20/h1,4-5,8,11H,2-3,6-7,9-10,18H2. The van der Waals surface area contributed by atoms with Crippen molar-refractivity contribution >= 4 is 11.0 Å². The minimum absolute atomic E-state index is 0.503. The number of aryl methyl sites for hydroxylation is 1. The lowest BCUT2D eigenvalue weighted by atomic mass is 10.0. The van der Waals surface area contributed by atoms with Crippen molar-refractivity contribution in [1.29, 1.82) is 0 Å². The molecule has 2 heterocycles. The van der Waals surface area contributed by atoms with Gasteiger partial charge in [-0.3, -0.25) is 0 Å². The molecule has 0 amide bonds. The van der Waals surface area contributed by atoms with Crippen LogP contribution in [0.2, 0.25) is 0 Å². The van der Waals surface area contributed by atoms with Gasteiger partial charge < -0.3 is 14.7 Å². The Hall–Kier alpha value is -2.07. The third-order valence-electron chi connectivity index (χ3n) is 4.41. The van der Waals surface area contributed by atoms with Crippen LogP contribution in [0.15, 0.2) is 35.0 Å². The van der Waals surface area contributed by atoms with Gasteiger partial charge in [0.1, 0.15) is 11.3 Å². The zero-order valence-electron chi connectivity index (χ0n) is 12.0. The average Bonchev–Trinajstić information content (AvgIpc) is 3.09. The zero-order valence-corrected chi connectivity index (χ0v) is 12.0. The van der Waals surface area contributed by atoms with E-state index in [0.717, 1.165) is 41.7 Å². The fraction of sp³-hybridized carbons (Fsp3) is 0.353. The van der Waals surface area contributed by atoms with Crippen LogP contribution in [-0.2, 0) is 25.9 Å². The number of para-hydroxylation sites is 1. The molecule has 0 saturated heterocycles. The Labute approximate surface area is 123 Å². The Bertz CT molecular complexity index is 785. The maximum atomic E-state index is 6.03. The normalized spacial score (nSPS) is 14.5. The number of imidazole rings is 1. The first kappa shape index (κ1) is 12.7. The Balaban J connectivity index is 1.76. The molecule has 0 spiro atoms. The number of furan rings is 1. The van der Waals surface area contributed by atoms with Crippen molar-refractivity contribution in [2.75, 3.05) is 0 Å². The first-order chi connectivity index (χ1) is 10.4. The van der Waals surface area contributed by atoms with Gasteiger partial charge in [0, 0.05) is 23.2 Å². The van der Waals surface area contributed by atoms with Crippen LogP contribution in [0.25, 0.3) is 11.0 Å². The quantitative estimate of drug-likeness (QED) is 0.803. The van der Waals surface area contributed by atoms with Gasteiger partial charge in [-0.2, -0.15) is 0 Å². The monoisotopic (exact) mass is 281 g/mol. The summed E-state index contributed by atoms with van der Waals surface area (Å²) in [5.41, 5.74) is 10.6. The second kappa shape index (κ2) is 5.04. The molecule has 0 aliphatic heterocycles. The number of nitrogens with two attached hydrogens (primary N) is 1. The maximum Gasteiger partial charge on any atom is 0.134 e. The average molecular weight is 281 g/mol. The molecule has 0 fully saturated rings. The molecule has 2 N–H and O–H groups in total. The summed E-state index contributed by atoms with van der Waals surface area (Å²) in [5.74, 6) is 0.962. The zero-order chi connectivity index (χ0) is 14.2. The Kier molecular flexibility index (Phi) is 3.04. The van der Waals surface area contributed by atoms with Crippen molar-refractivity contribution in [2.24, 2.45) is 5.73 Å². The van der Waals surface area contributed by atoms with E-state index in [0.29, 0.717) is 6.54 Å². The predicted octanol–water partition coefficient (Wildman–Crippen LogP) is 3.02. The molecule has 0 bridgehead atoms. The highest BCUT2D eigenvalue weighted by Gasteiger charge is 2.18. The number of nitrogens with zero attached hydrogens (tertiary/aromatic N) is 2. The molecule has 2 aromatic heterocycles. The Morgan fingerprint density at radius 2 is 2.05 bits per heavy atom. The van der Waals surface area contributed by atoms with E-state index in [2.05, 4.69) is 15.6 Å². The highest BCUT2D eigenvalue weighted by molar-refractivity contribution is 5.82. The number of hydrogen-bond donors (Lipinski definition) is 1. The second-order valence-corrected chi connectivity index (χ2v) is 5.68. The van der Waals surface area contributed by atoms with Gasteiger partial charge in [0.15, 0.2) is 0 Å². The molecule has 3 aromatic rings. The Morgan fingerprint density at radius 1 is 1.19 bits per heavy atom.